The van der Waals surface area contributed by atoms with Gasteiger partial charge >= 0.3 is 0 Å². The average Bonchev–Trinajstić information content (AvgIpc) is 2.44. The summed E-state index contributed by atoms with van der Waals surface area (Å²) in [7, 11) is 0. The molecule has 114 valence electrons. The van der Waals surface area contributed by atoms with E-state index < -0.39 is 0 Å². The smallest absolute Gasteiger partial charge is 0.161 e. The van der Waals surface area contributed by atoms with Crippen LogP contribution in [0.1, 0.15) is 40.5 Å². The van der Waals surface area contributed by atoms with E-state index in [4.69, 9.17) is 9.47 Å². The minimum atomic E-state index is 0.181. The van der Waals surface area contributed by atoms with Gasteiger partial charge in [0.1, 0.15) is 6.10 Å². The highest BCUT2D eigenvalue weighted by molar-refractivity contribution is 5.39. The SMILES string of the molecule is CCCOc1ccccc1OC(CC)CNCC(C)C. The summed E-state index contributed by atoms with van der Waals surface area (Å²) in [5.41, 5.74) is 0. The molecule has 1 rings (SSSR count). The quantitative estimate of drug-likeness (QED) is 0.705. The van der Waals surface area contributed by atoms with Crippen molar-refractivity contribution < 1.29 is 9.47 Å². The molecule has 1 unspecified atom stereocenters. The molecular formula is C17H29NO2. The molecular weight excluding hydrogens is 250 g/mol. The molecule has 1 aromatic rings. The van der Waals surface area contributed by atoms with Crippen LogP contribution in [0.25, 0.3) is 0 Å². The molecule has 0 heterocycles. The van der Waals surface area contributed by atoms with Gasteiger partial charge in [-0.3, -0.25) is 0 Å². The first-order valence-corrected chi connectivity index (χ1v) is 7.76. The van der Waals surface area contributed by atoms with Gasteiger partial charge < -0.3 is 14.8 Å². The van der Waals surface area contributed by atoms with Gasteiger partial charge in [0.15, 0.2) is 11.5 Å². The first kappa shape index (κ1) is 16.8. The van der Waals surface area contributed by atoms with Crippen LogP contribution in [-0.4, -0.2) is 25.8 Å². The van der Waals surface area contributed by atoms with Gasteiger partial charge in [0, 0.05) is 6.54 Å². The molecule has 0 saturated heterocycles. The van der Waals surface area contributed by atoms with Gasteiger partial charge in [-0.2, -0.15) is 0 Å². The van der Waals surface area contributed by atoms with E-state index in [1.807, 2.05) is 24.3 Å². The third-order valence-electron chi connectivity index (χ3n) is 2.98. The molecule has 0 aliphatic heterocycles. The molecule has 0 radical (unpaired) electrons. The molecule has 3 heteroatoms. The fourth-order valence-electron chi connectivity index (χ4n) is 1.86. The third kappa shape index (κ3) is 6.29. The summed E-state index contributed by atoms with van der Waals surface area (Å²) < 4.78 is 11.8. The zero-order valence-electron chi connectivity index (χ0n) is 13.3. The Morgan fingerprint density at radius 2 is 1.75 bits per heavy atom. The third-order valence-corrected chi connectivity index (χ3v) is 2.98. The molecule has 1 N–H and O–H groups in total. The van der Waals surface area contributed by atoms with E-state index in [1.54, 1.807) is 0 Å². The number of ether oxygens (including phenoxy) is 2. The molecule has 0 aliphatic rings. The Hall–Kier alpha value is -1.22. The second kappa shape index (κ2) is 9.65. The van der Waals surface area contributed by atoms with Crippen molar-refractivity contribution in [3.8, 4) is 11.5 Å². The predicted octanol–water partition coefficient (Wildman–Crippen LogP) is 3.88. The van der Waals surface area contributed by atoms with E-state index in [2.05, 4.69) is 33.0 Å². The number of para-hydroxylation sites is 2. The Bertz CT molecular complexity index is 366. The van der Waals surface area contributed by atoms with Gasteiger partial charge in [-0.15, -0.1) is 0 Å². The second-order valence-electron chi connectivity index (χ2n) is 5.50. The molecule has 0 saturated carbocycles. The van der Waals surface area contributed by atoms with Crippen LogP contribution in [0, 0.1) is 5.92 Å². The molecule has 0 spiro atoms. The highest BCUT2D eigenvalue weighted by Crippen LogP contribution is 2.27. The van der Waals surface area contributed by atoms with Gasteiger partial charge in [0.05, 0.1) is 6.61 Å². The van der Waals surface area contributed by atoms with Crippen LogP contribution in [0.15, 0.2) is 24.3 Å². The first-order chi connectivity index (χ1) is 9.67. The minimum absolute atomic E-state index is 0.181. The molecule has 1 atom stereocenters. The van der Waals surface area contributed by atoms with Crippen LogP contribution < -0.4 is 14.8 Å². The van der Waals surface area contributed by atoms with Gasteiger partial charge in [0.25, 0.3) is 0 Å². The lowest BCUT2D eigenvalue weighted by atomic mass is 10.2. The summed E-state index contributed by atoms with van der Waals surface area (Å²) in [5.74, 6) is 2.35. The van der Waals surface area contributed by atoms with Crippen LogP contribution in [0.3, 0.4) is 0 Å². The Balaban J connectivity index is 2.55. The molecule has 3 nitrogen and oxygen atoms in total. The standard InChI is InChI=1S/C17H29NO2/c1-5-11-19-16-9-7-8-10-17(16)20-15(6-2)13-18-12-14(3)4/h7-10,14-15,18H,5-6,11-13H2,1-4H3. The molecule has 1 aromatic carbocycles. The largest absolute Gasteiger partial charge is 0.490 e. The lowest BCUT2D eigenvalue weighted by Gasteiger charge is -2.20. The van der Waals surface area contributed by atoms with Crippen LogP contribution >= 0.6 is 0 Å². The Morgan fingerprint density at radius 3 is 2.35 bits per heavy atom. The number of benzene rings is 1. The van der Waals surface area contributed by atoms with Crippen molar-refractivity contribution in [3.05, 3.63) is 24.3 Å². The van der Waals surface area contributed by atoms with Crippen molar-refractivity contribution >= 4 is 0 Å². The number of nitrogens with one attached hydrogen (secondary N) is 1. The van der Waals surface area contributed by atoms with E-state index in [9.17, 15) is 0 Å². The Kier molecular flexibility index (Phi) is 8.12. The molecule has 0 bridgehead atoms. The van der Waals surface area contributed by atoms with Crippen LogP contribution in [-0.2, 0) is 0 Å². The zero-order chi connectivity index (χ0) is 14.8. The number of hydrogen-bond acceptors (Lipinski definition) is 3. The van der Waals surface area contributed by atoms with Crippen molar-refractivity contribution in [2.45, 2.75) is 46.6 Å². The summed E-state index contributed by atoms with van der Waals surface area (Å²) in [6.45, 7) is 11.3. The maximum Gasteiger partial charge on any atom is 0.161 e. The average molecular weight is 279 g/mol. The maximum atomic E-state index is 6.09. The summed E-state index contributed by atoms with van der Waals surface area (Å²) in [5, 5.41) is 3.45. The minimum Gasteiger partial charge on any atom is -0.490 e. The second-order valence-corrected chi connectivity index (χ2v) is 5.50. The van der Waals surface area contributed by atoms with E-state index >= 15 is 0 Å². The van der Waals surface area contributed by atoms with Crippen molar-refractivity contribution in [2.24, 2.45) is 5.92 Å². The summed E-state index contributed by atoms with van der Waals surface area (Å²) in [6, 6.07) is 7.92. The molecule has 0 amide bonds. The van der Waals surface area contributed by atoms with Gasteiger partial charge in [-0.25, -0.2) is 0 Å². The fraction of sp³-hybridized carbons (Fsp3) is 0.647. The normalized spacial score (nSPS) is 12.4. The molecule has 0 aliphatic carbocycles. The number of rotatable bonds is 10. The summed E-state index contributed by atoms with van der Waals surface area (Å²) >= 11 is 0. The van der Waals surface area contributed by atoms with Crippen molar-refractivity contribution in [1.29, 1.82) is 0 Å². The summed E-state index contributed by atoms with van der Waals surface area (Å²) in [4.78, 5) is 0. The van der Waals surface area contributed by atoms with Gasteiger partial charge in [-0.05, 0) is 37.4 Å². The monoisotopic (exact) mass is 279 g/mol. The zero-order valence-corrected chi connectivity index (χ0v) is 13.3. The van der Waals surface area contributed by atoms with E-state index in [1.165, 1.54) is 0 Å². The van der Waals surface area contributed by atoms with Crippen molar-refractivity contribution in [3.63, 3.8) is 0 Å². The first-order valence-electron chi connectivity index (χ1n) is 7.76. The van der Waals surface area contributed by atoms with E-state index in [0.29, 0.717) is 5.92 Å². The van der Waals surface area contributed by atoms with E-state index in [-0.39, 0.29) is 6.10 Å². The number of hydrogen-bond donors (Lipinski definition) is 1. The van der Waals surface area contributed by atoms with E-state index in [0.717, 1.165) is 44.0 Å². The maximum absolute atomic E-state index is 6.09. The highest BCUT2D eigenvalue weighted by atomic mass is 16.5. The van der Waals surface area contributed by atoms with Gasteiger partial charge in [0.2, 0.25) is 0 Å². The van der Waals surface area contributed by atoms with Gasteiger partial charge in [-0.1, -0.05) is 39.8 Å². The van der Waals surface area contributed by atoms with Crippen molar-refractivity contribution in [2.75, 3.05) is 19.7 Å². The van der Waals surface area contributed by atoms with Crippen LogP contribution in [0.2, 0.25) is 0 Å². The fourth-order valence-corrected chi connectivity index (χ4v) is 1.86. The topological polar surface area (TPSA) is 30.5 Å². The Morgan fingerprint density at radius 1 is 1.05 bits per heavy atom. The molecule has 0 aromatic heterocycles. The predicted molar refractivity (Wildman–Crippen MR) is 84.6 cm³/mol. The van der Waals surface area contributed by atoms with Crippen LogP contribution in [0.4, 0.5) is 0 Å². The lowest BCUT2D eigenvalue weighted by molar-refractivity contribution is 0.180. The molecule has 0 fully saturated rings. The summed E-state index contributed by atoms with van der Waals surface area (Å²) in [6.07, 6.45) is 2.16. The lowest BCUT2D eigenvalue weighted by Crippen LogP contribution is -2.33. The molecule has 20 heavy (non-hydrogen) atoms. The Labute approximate surface area is 123 Å². The highest BCUT2D eigenvalue weighted by Gasteiger charge is 2.11. The van der Waals surface area contributed by atoms with Crippen molar-refractivity contribution in [1.82, 2.24) is 5.32 Å². The van der Waals surface area contributed by atoms with Crippen LogP contribution in [0.5, 0.6) is 11.5 Å².